The zero-order chi connectivity index (χ0) is 24.7. The first-order chi connectivity index (χ1) is 16.8. The van der Waals surface area contributed by atoms with Gasteiger partial charge in [-0.2, -0.15) is 0 Å². The highest BCUT2D eigenvalue weighted by molar-refractivity contribution is 5.91. The van der Waals surface area contributed by atoms with Gasteiger partial charge in [0, 0.05) is 61.3 Å². The van der Waals surface area contributed by atoms with E-state index >= 15 is 0 Å². The van der Waals surface area contributed by atoms with Crippen molar-refractivity contribution in [2.24, 2.45) is 0 Å². The van der Waals surface area contributed by atoms with E-state index in [0.717, 1.165) is 39.8 Å². The maximum absolute atomic E-state index is 14.4. The number of alkyl halides is 2. The van der Waals surface area contributed by atoms with E-state index in [1.54, 1.807) is 19.2 Å². The summed E-state index contributed by atoms with van der Waals surface area (Å²) >= 11 is 0. The minimum atomic E-state index is -2.70. The molecule has 4 aromatic rings. The summed E-state index contributed by atoms with van der Waals surface area (Å²) < 4.78 is 43.5. The third kappa shape index (κ3) is 4.25. The van der Waals surface area contributed by atoms with Crippen LogP contribution in [0.4, 0.5) is 8.78 Å². The topological polar surface area (TPSA) is 78.5 Å². The first-order valence-electron chi connectivity index (χ1n) is 11.7. The van der Waals surface area contributed by atoms with Gasteiger partial charge in [-0.15, -0.1) is 0 Å². The molecule has 0 bridgehead atoms. The fraction of sp³-hybridized carbons (Fsp3) is 0.385. The molecule has 2 aromatic heterocycles. The minimum absolute atomic E-state index is 0.123. The van der Waals surface area contributed by atoms with Crippen LogP contribution in [0, 0.1) is 0 Å². The standard InChI is InChI=1S/C26H27F2N3O4/c1-3-30-21-6-4-16(12-18(21)19-14-26(27,28)9-8-22(19)30)25-29-20-13-17(35-15-24(32)33)5-7-23(20)31(25)10-11-34-2/h4-7,12-13H,3,8-11,14-15H2,1-2H3,(H,32,33). The van der Waals surface area contributed by atoms with E-state index in [-0.39, 0.29) is 12.8 Å². The van der Waals surface area contributed by atoms with Gasteiger partial charge in [0.15, 0.2) is 6.61 Å². The van der Waals surface area contributed by atoms with Gasteiger partial charge in [-0.25, -0.2) is 18.6 Å². The molecular formula is C26H27F2N3O4. The van der Waals surface area contributed by atoms with E-state index < -0.39 is 18.5 Å². The molecule has 5 rings (SSSR count). The molecule has 184 valence electrons. The van der Waals surface area contributed by atoms with E-state index in [1.165, 1.54) is 0 Å². The van der Waals surface area contributed by atoms with E-state index in [9.17, 15) is 13.6 Å². The van der Waals surface area contributed by atoms with Crippen molar-refractivity contribution in [2.45, 2.75) is 45.2 Å². The van der Waals surface area contributed by atoms with E-state index in [1.807, 2.05) is 35.8 Å². The van der Waals surface area contributed by atoms with E-state index in [2.05, 4.69) is 4.57 Å². The first-order valence-corrected chi connectivity index (χ1v) is 11.7. The van der Waals surface area contributed by atoms with Gasteiger partial charge in [0.05, 0.1) is 17.6 Å². The molecule has 35 heavy (non-hydrogen) atoms. The number of fused-ring (bicyclic) bond motifs is 4. The lowest BCUT2D eigenvalue weighted by atomic mass is 9.92. The summed E-state index contributed by atoms with van der Waals surface area (Å²) in [6.07, 6.45) is -0.00636. The average Bonchev–Trinajstić information content (AvgIpc) is 3.34. The molecule has 0 aliphatic heterocycles. The Labute approximate surface area is 200 Å². The Morgan fingerprint density at radius 2 is 1.97 bits per heavy atom. The van der Waals surface area contributed by atoms with Crippen LogP contribution in [0.25, 0.3) is 33.3 Å². The Morgan fingerprint density at radius 1 is 1.17 bits per heavy atom. The molecule has 2 heterocycles. The lowest BCUT2D eigenvalue weighted by Crippen LogP contribution is -2.26. The summed E-state index contributed by atoms with van der Waals surface area (Å²) in [5.74, 6) is -2.66. The molecule has 0 unspecified atom stereocenters. The number of imidazole rings is 1. The van der Waals surface area contributed by atoms with Gasteiger partial charge in [0.1, 0.15) is 11.6 Å². The van der Waals surface area contributed by atoms with Crippen molar-refractivity contribution >= 4 is 27.9 Å². The third-order valence-corrected chi connectivity index (χ3v) is 6.63. The average molecular weight is 484 g/mol. The summed E-state index contributed by atoms with van der Waals surface area (Å²) in [4.78, 5) is 15.7. The molecule has 2 aromatic carbocycles. The largest absolute Gasteiger partial charge is 0.482 e. The smallest absolute Gasteiger partial charge is 0.341 e. The number of aliphatic carboxylic acids is 1. The molecule has 9 heteroatoms. The van der Waals surface area contributed by atoms with Crippen molar-refractivity contribution in [3.63, 3.8) is 0 Å². The molecule has 1 aliphatic rings. The molecule has 0 spiro atoms. The van der Waals surface area contributed by atoms with Gasteiger partial charge < -0.3 is 23.7 Å². The van der Waals surface area contributed by atoms with Gasteiger partial charge in [-0.05, 0) is 49.2 Å². The quantitative estimate of drug-likeness (QED) is 0.385. The van der Waals surface area contributed by atoms with Crippen molar-refractivity contribution in [3.05, 3.63) is 47.7 Å². The van der Waals surface area contributed by atoms with Crippen molar-refractivity contribution in [2.75, 3.05) is 20.3 Å². The zero-order valence-corrected chi connectivity index (χ0v) is 19.7. The van der Waals surface area contributed by atoms with Gasteiger partial charge in [-0.3, -0.25) is 0 Å². The highest BCUT2D eigenvalue weighted by Gasteiger charge is 2.37. The van der Waals surface area contributed by atoms with Gasteiger partial charge in [0.25, 0.3) is 5.92 Å². The molecular weight excluding hydrogens is 456 g/mol. The molecule has 0 radical (unpaired) electrons. The number of carbonyl (C=O) groups is 1. The van der Waals surface area contributed by atoms with Crippen LogP contribution in [0.3, 0.4) is 0 Å². The van der Waals surface area contributed by atoms with E-state index in [0.29, 0.717) is 36.7 Å². The zero-order valence-electron chi connectivity index (χ0n) is 19.7. The second kappa shape index (κ2) is 8.96. The number of rotatable bonds is 8. The summed E-state index contributed by atoms with van der Waals surface area (Å²) in [5.41, 5.74) is 5.01. The minimum Gasteiger partial charge on any atom is -0.482 e. The Kier molecular flexibility index (Phi) is 5.96. The van der Waals surface area contributed by atoms with Crippen LogP contribution in [0.1, 0.15) is 24.6 Å². The van der Waals surface area contributed by atoms with Gasteiger partial charge >= 0.3 is 5.97 Å². The van der Waals surface area contributed by atoms with Crippen molar-refractivity contribution < 1.29 is 28.2 Å². The highest BCUT2D eigenvalue weighted by atomic mass is 19.3. The number of hydrogen-bond acceptors (Lipinski definition) is 4. The summed E-state index contributed by atoms with van der Waals surface area (Å²) in [7, 11) is 1.63. The molecule has 0 amide bonds. The van der Waals surface area contributed by atoms with Crippen LogP contribution in [-0.2, 0) is 35.5 Å². The Morgan fingerprint density at radius 3 is 2.71 bits per heavy atom. The number of ether oxygens (including phenoxy) is 2. The van der Waals surface area contributed by atoms with Crippen LogP contribution in [0.15, 0.2) is 36.4 Å². The number of methoxy groups -OCH3 is 1. The predicted molar refractivity (Wildman–Crippen MR) is 128 cm³/mol. The fourth-order valence-electron chi connectivity index (χ4n) is 5.08. The summed E-state index contributed by atoms with van der Waals surface area (Å²) in [5, 5.41) is 9.74. The number of aromatic nitrogens is 3. The lowest BCUT2D eigenvalue weighted by molar-refractivity contribution is -0.139. The summed E-state index contributed by atoms with van der Waals surface area (Å²) in [6.45, 7) is 3.33. The molecule has 7 nitrogen and oxygen atoms in total. The maximum atomic E-state index is 14.4. The molecule has 1 aliphatic carbocycles. The number of halogens is 2. The maximum Gasteiger partial charge on any atom is 0.341 e. The normalized spacial score (nSPS) is 15.0. The van der Waals surface area contributed by atoms with Crippen LogP contribution >= 0.6 is 0 Å². The Bertz CT molecular complexity index is 1420. The first kappa shape index (κ1) is 23.3. The predicted octanol–water partition coefficient (Wildman–Crippen LogP) is 4.91. The van der Waals surface area contributed by atoms with Crippen molar-refractivity contribution in [1.82, 2.24) is 14.1 Å². The van der Waals surface area contributed by atoms with Gasteiger partial charge in [0.2, 0.25) is 0 Å². The molecule has 0 fully saturated rings. The van der Waals surface area contributed by atoms with Gasteiger partial charge in [-0.1, -0.05) is 0 Å². The number of carboxylic acid groups (broad SMARTS) is 1. The summed E-state index contributed by atoms with van der Waals surface area (Å²) in [6, 6.07) is 11.2. The number of nitrogens with zero attached hydrogens (tertiary/aromatic N) is 3. The molecule has 0 saturated carbocycles. The van der Waals surface area contributed by atoms with Crippen LogP contribution in [0.2, 0.25) is 0 Å². The van der Waals surface area contributed by atoms with Crippen molar-refractivity contribution in [1.29, 1.82) is 0 Å². The number of aryl methyl sites for hydroxylation is 1. The lowest BCUT2D eigenvalue weighted by Gasteiger charge is -2.23. The second-order valence-corrected chi connectivity index (χ2v) is 8.85. The monoisotopic (exact) mass is 483 g/mol. The molecule has 1 N–H and O–H groups in total. The number of carboxylic acids is 1. The Balaban J connectivity index is 1.64. The number of benzene rings is 2. The van der Waals surface area contributed by atoms with Crippen LogP contribution < -0.4 is 4.74 Å². The fourth-order valence-corrected chi connectivity index (χ4v) is 5.08. The molecule has 0 saturated heterocycles. The second-order valence-electron chi connectivity index (χ2n) is 8.85. The molecule has 0 atom stereocenters. The van der Waals surface area contributed by atoms with E-state index in [4.69, 9.17) is 19.6 Å². The van der Waals surface area contributed by atoms with Crippen molar-refractivity contribution in [3.8, 4) is 17.1 Å². The third-order valence-electron chi connectivity index (χ3n) is 6.63. The van der Waals surface area contributed by atoms with Crippen LogP contribution in [0.5, 0.6) is 5.75 Å². The highest BCUT2D eigenvalue weighted by Crippen LogP contribution is 2.40. The SMILES string of the molecule is CCn1c2c(c3cc(-c4nc5cc(OCC(=O)O)ccc5n4CCOC)ccc31)CC(F)(F)CC2. The number of hydrogen-bond donors (Lipinski definition) is 1. The van der Waals surface area contributed by atoms with Crippen LogP contribution in [-0.4, -0.2) is 51.4 Å². The Hall–Kier alpha value is -3.46.